The number of nitrogens with one attached hydrogen (secondary N) is 1. The molecule has 1 aromatic rings. The third kappa shape index (κ3) is 5.53. The van der Waals surface area contributed by atoms with Crippen LogP contribution in [0.2, 0.25) is 0 Å². The highest BCUT2D eigenvalue weighted by Crippen LogP contribution is 2.24. The van der Waals surface area contributed by atoms with Gasteiger partial charge in [-0.3, -0.25) is 0 Å². The number of ether oxygens (including phenoxy) is 3. The molecule has 1 saturated heterocycles. The van der Waals surface area contributed by atoms with Crippen LogP contribution in [0.25, 0.3) is 0 Å². The summed E-state index contributed by atoms with van der Waals surface area (Å²) >= 11 is 0. The van der Waals surface area contributed by atoms with E-state index in [1.54, 1.807) is 12.1 Å². The molecule has 1 heterocycles. The number of rotatable bonds is 5. The van der Waals surface area contributed by atoms with Crippen molar-refractivity contribution in [3.63, 3.8) is 0 Å². The van der Waals surface area contributed by atoms with E-state index in [1.807, 2.05) is 6.92 Å². The number of halogens is 3. The lowest BCUT2D eigenvalue weighted by Gasteiger charge is -2.25. The van der Waals surface area contributed by atoms with Crippen molar-refractivity contribution in [2.45, 2.75) is 25.4 Å². The van der Waals surface area contributed by atoms with Crippen LogP contribution in [-0.4, -0.2) is 38.8 Å². The number of alkyl halides is 3. The van der Waals surface area contributed by atoms with Gasteiger partial charge in [0.25, 0.3) is 0 Å². The van der Waals surface area contributed by atoms with Crippen molar-refractivity contribution in [2.75, 3.05) is 26.4 Å². The summed E-state index contributed by atoms with van der Waals surface area (Å²) in [5.41, 5.74) is 0.876. The van der Waals surface area contributed by atoms with Crippen LogP contribution < -0.4 is 10.1 Å². The third-order valence-electron chi connectivity index (χ3n) is 3.15. The monoisotopic (exact) mass is 305 g/mol. The van der Waals surface area contributed by atoms with Crippen molar-refractivity contribution < 1.29 is 27.4 Å². The molecular weight excluding hydrogens is 287 g/mol. The second kappa shape index (κ2) is 7.11. The second-order valence-electron chi connectivity index (χ2n) is 4.81. The maximum absolute atomic E-state index is 12.1. The van der Waals surface area contributed by atoms with Gasteiger partial charge in [-0.15, -0.1) is 13.2 Å². The molecule has 21 heavy (non-hydrogen) atoms. The highest BCUT2D eigenvalue weighted by Gasteiger charge is 2.31. The first kappa shape index (κ1) is 16.1. The van der Waals surface area contributed by atoms with E-state index in [1.165, 1.54) is 12.1 Å². The molecule has 0 amide bonds. The summed E-state index contributed by atoms with van der Waals surface area (Å²) in [4.78, 5) is 0. The van der Waals surface area contributed by atoms with Crippen molar-refractivity contribution in [3.8, 4) is 5.75 Å². The molecule has 2 rings (SSSR count). The summed E-state index contributed by atoms with van der Waals surface area (Å²) < 4.78 is 50.8. The van der Waals surface area contributed by atoms with Gasteiger partial charge in [-0.25, -0.2) is 0 Å². The van der Waals surface area contributed by atoms with Crippen molar-refractivity contribution in [2.24, 2.45) is 0 Å². The van der Waals surface area contributed by atoms with E-state index >= 15 is 0 Å². The van der Waals surface area contributed by atoms with Crippen molar-refractivity contribution in [3.05, 3.63) is 29.8 Å². The Kier molecular flexibility index (Phi) is 5.44. The van der Waals surface area contributed by atoms with Gasteiger partial charge in [-0.05, 0) is 24.6 Å². The molecule has 0 radical (unpaired) electrons. The molecular formula is C14H18F3NO3. The van der Waals surface area contributed by atoms with Crippen LogP contribution >= 0.6 is 0 Å². The lowest BCUT2D eigenvalue weighted by atomic mass is 10.1. The molecule has 0 bridgehead atoms. The minimum atomic E-state index is -4.66. The molecule has 2 atom stereocenters. The van der Waals surface area contributed by atoms with Crippen LogP contribution in [0.4, 0.5) is 13.2 Å². The summed E-state index contributed by atoms with van der Waals surface area (Å²) in [6, 6.07) is 5.83. The van der Waals surface area contributed by atoms with Crippen LogP contribution in [0, 0.1) is 0 Å². The standard InChI is InChI=1S/C14H18F3NO3/c1-10(18-8-13-9-19-6-7-20-13)11-2-4-12(5-3-11)21-14(15,16)17/h2-5,10,13,18H,6-9H2,1H3. The Morgan fingerprint density at radius 2 is 2.00 bits per heavy atom. The fourth-order valence-corrected chi connectivity index (χ4v) is 2.04. The Hall–Kier alpha value is -1.31. The van der Waals surface area contributed by atoms with Gasteiger partial charge in [0.15, 0.2) is 0 Å². The molecule has 0 saturated carbocycles. The summed E-state index contributed by atoms with van der Waals surface area (Å²) in [5, 5.41) is 3.27. The molecule has 1 N–H and O–H groups in total. The van der Waals surface area contributed by atoms with E-state index in [-0.39, 0.29) is 17.9 Å². The number of benzene rings is 1. The number of hydrogen-bond donors (Lipinski definition) is 1. The molecule has 7 heteroatoms. The quantitative estimate of drug-likeness (QED) is 0.908. The van der Waals surface area contributed by atoms with E-state index < -0.39 is 6.36 Å². The van der Waals surface area contributed by atoms with Gasteiger partial charge in [0.1, 0.15) is 5.75 Å². The van der Waals surface area contributed by atoms with Gasteiger partial charge in [0.2, 0.25) is 0 Å². The average molecular weight is 305 g/mol. The van der Waals surface area contributed by atoms with Gasteiger partial charge in [-0.2, -0.15) is 0 Å². The summed E-state index contributed by atoms with van der Waals surface area (Å²) in [6.07, 6.45) is -4.65. The van der Waals surface area contributed by atoms with Crippen molar-refractivity contribution in [1.29, 1.82) is 0 Å². The molecule has 0 aromatic heterocycles. The highest BCUT2D eigenvalue weighted by atomic mass is 19.4. The van der Waals surface area contributed by atoms with Crippen molar-refractivity contribution >= 4 is 0 Å². The maximum atomic E-state index is 12.1. The second-order valence-corrected chi connectivity index (χ2v) is 4.81. The van der Waals surface area contributed by atoms with Gasteiger partial charge < -0.3 is 19.5 Å². The topological polar surface area (TPSA) is 39.7 Å². The molecule has 2 unspecified atom stereocenters. The van der Waals surface area contributed by atoms with E-state index in [0.717, 1.165) is 5.56 Å². The summed E-state index contributed by atoms with van der Waals surface area (Å²) in [7, 11) is 0. The van der Waals surface area contributed by atoms with E-state index in [9.17, 15) is 13.2 Å². The molecule has 0 aliphatic carbocycles. The molecule has 1 aliphatic heterocycles. The highest BCUT2D eigenvalue weighted by molar-refractivity contribution is 5.29. The predicted octanol–water partition coefficient (Wildman–Crippen LogP) is 2.65. The van der Waals surface area contributed by atoms with Gasteiger partial charge in [0.05, 0.1) is 25.9 Å². The molecule has 0 spiro atoms. The molecule has 1 aliphatic rings. The Balaban J connectivity index is 1.83. The fourth-order valence-electron chi connectivity index (χ4n) is 2.04. The maximum Gasteiger partial charge on any atom is 0.573 e. The van der Waals surface area contributed by atoms with Gasteiger partial charge >= 0.3 is 6.36 Å². The predicted molar refractivity (Wildman–Crippen MR) is 70.1 cm³/mol. The van der Waals surface area contributed by atoms with E-state index in [2.05, 4.69) is 10.1 Å². The van der Waals surface area contributed by atoms with E-state index in [4.69, 9.17) is 9.47 Å². The van der Waals surface area contributed by atoms with Crippen molar-refractivity contribution in [1.82, 2.24) is 5.32 Å². The zero-order valence-corrected chi connectivity index (χ0v) is 11.7. The third-order valence-corrected chi connectivity index (χ3v) is 3.15. The Morgan fingerprint density at radius 1 is 1.29 bits per heavy atom. The largest absolute Gasteiger partial charge is 0.573 e. The molecule has 1 aromatic carbocycles. The van der Waals surface area contributed by atoms with Gasteiger partial charge in [0, 0.05) is 12.6 Å². The summed E-state index contributed by atoms with van der Waals surface area (Å²) in [5.74, 6) is -0.220. The lowest BCUT2D eigenvalue weighted by Crippen LogP contribution is -2.38. The Morgan fingerprint density at radius 3 is 2.57 bits per heavy atom. The lowest BCUT2D eigenvalue weighted by molar-refractivity contribution is -0.274. The summed E-state index contributed by atoms with van der Waals surface area (Å²) in [6.45, 7) is 4.32. The zero-order chi connectivity index (χ0) is 15.3. The average Bonchev–Trinajstić information content (AvgIpc) is 2.45. The van der Waals surface area contributed by atoms with Crippen LogP contribution in [0.15, 0.2) is 24.3 Å². The van der Waals surface area contributed by atoms with E-state index in [0.29, 0.717) is 26.4 Å². The van der Waals surface area contributed by atoms with Gasteiger partial charge in [-0.1, -0.05) is 12.1 Å². The Labute approximate surface area is 121 Å². The first-order valence-corrected chi connectivity index (χ1v) is 6.72. The van der Waals surface area contributed by atoms with Crippen LogP contribution in [0.5, 0.6) is 5.75 Å². The Bertz CT molecular complexity index is 430. The fraction of sp³-hybridized carbons (Fsp3) is 0.571. The van der Waals surface area contributed by atoms with Crippen LogP contribution in [-0.2, 0) is 9.47 Å². The first-order valence-electron chi connectivity index (χ1n) is 6.72. The van der Waals surface area contributed by atoms with Crippen LogP contribution in [0.3, 0.4) is 0 Å². The SMILES string of the molecule is CC(NCC1COCCO1)c1ccc(OC(F)(F)F)cc1. The van der Waals surface area contributed by atoms with Crippen LogP contribution in [0.1, 0.15) is 18.5 Å². The minimum absolute atomic E-state index is 0.00420. The smallest absolute Gasteiger partial charge is 0.406 e. The number of hydrogen-bond acceptors (Lipinski definition) is 4. The minimum Gasteiger partial charge on any atom is -0.406 e. The first-order chi connectivity index (χ1) is 9.94. The molecule has 1 fully saturated rings. The normalized spacial score (nSPS) is 21.0. The molecule has 4 nitrogen and oxygen atoms in total. The molecule has 118 valence electrons. The zero-order valence-electron chi connectivity index (χ0n) is 11.7.